The van der Waals surface area contributed by atoms with Crippen LogP contribution in [0.15, 0.2) is 0 Å². The van der Waals surface area contributed by atoms with Gasteiger partial charge in [0.25, 0.3) is 0 Å². The van der Waals surface area contributed by atoms with Crippen molar-refractivity contribution in [1.82, 2.24) is 9.78 Å². The van der Waals surface area contributed by atoms with Crippen molar-refractivity contribution in [2.45, 2.75) is 53.4 Å². The molecular formula is C16H26N2O. The fraction of sp³-hybridized carbons (Fsp3) is 0.750. The summed E-state index contributed by atoms with van der Waals surface area (Å²) in [6, 6.07) is 0. The van der Waals surface area contributed by atoms with E-state index in [9.17, 15) is 4.79 Å². The number of aromatic nitrogens is 2. The van der Waals surface area contributed by atoms with E-state index in [4.69, 9.17) is 0 Å². The Bertz CT molecular complexity index is 475. The van der Waals surface area contributed by atoms with Gasteiger partial charge >= 0.3 is 0 Å². The van der Waals surface area contributed by atoms with E-state index in [1.165, 1.54) is 6.42 Å². The number of Topliss-reactive ketones (excluding diaryl/α,β-unsaturated/α-hetero) is 1. The molecule has 0 amide bonds. The largest absolute Gasteiger partial charge is 0.299 e. The number of ketones is 1. The Hall–Kier alpha value is -1.12. The lowest BCUT2D eigenvalue weighted by Gasteiger charge is -2.31. The lowest BCUT2D eigenvalue weighted by Crippen LogP contribution is -2.27. The van der Waals surface area contributed by atoms with Crippen molar-refractivity contribution in [3.63, 3.8) is 0 Å². The number of aryl methyl sites for hydroxylation is 2. The lowest BCUT2D eigenvalue weighted by molar-refractivity contribution is -0.124. The highest BCUT2D eigenvalue weighted by Gasteiger charge is 2.29. The molecule has 0 aromatic carbocycles. The third kappa shape index (κ3) is 2.90. The molecule has 1 heterocycles. The second-order valence-corrected chi connectivity index (χ2v) is 6.38. The number of carbonyl (C=O) groups is 1. The zero-order valence-electron chi connectivity index (χ0n) is 12.9. The van der Waals surface area contributed by atoms with E-state index >= 15 is 0 Å². The van der Waals surface area contributed by atoms with E-state index in [1.807, 2.05) is 25.6 Å². The van der Waals surface area contributed by atoms with Gasteiger partial charge in [0.1, 0.15) is 5.78 Å². The maximum atomic E-state index is 12.5. The minimum Gasteiger partial charge on any atom is -0.299 e. The molecule has 1 saturated carbocycles. The highest BCUT2D eigenvalue weighted by Crippen LogP contribution is 2.34. The third-order valence-corrected chi connectivity index (χ3v) is 5.06. The Morgan fingerprint density at radius 1 is 1.26 bits per heavy atom. The average Bonchev–Trinajstić information content (AvgIpc) is 2.59. The fourth-order valence-corrected chi connectivity index (χ4v) is 3.23. The Kier molecular flexibility index (Phi) is 4.12. The number of nitrogens with zero attached hydrogens (tertiary/aromatic N) is 2. The van der Waals surface area contributed by atoms with Crippen LogP contribution in [0.3, 0.4) is 0 Å². The first-order chi connectivity index (χ1) is 8.90. The summed E-state index contributed by atoms with van der Waals surface area (Å²) in [5, 5.41) is 4.40. The maximum Gasteiger partial charge on any atom is 0.140 e. The zero-order valence-corrected chi connectivity index (χ0v) is 12.9. The van der Waals surface area contributed by atoms with Crippen molar-refractivity contribution in [2.75, 3.05) is 0 Å². The van der Waals surface area contributed by atoms with E-state index < -0.39 is 0 Å². The molecule has 0 saturated heterocycles. The predicted molar refractivity (Wildman–Crippen MR) is 77.1 cm³/mol. The normalized spacial score (nSPS) is 27.5. The third-order valence-electron chi connectivity index (χ3n) is 5.06. The highest BCUT2D eigenvalue weighted by atomic mass is 16.1. The molecule has 1 aliphatic rings. The van der Waals surface area contributed by atoms with Gasteiger partial charge < -0.3 is 0 Å². The minimum atomic E-state index is 0.269. The van der Waals surface area contributed by atoms with Gasteiger partial charge in [-0.3, -0.25) is 9.48 Å². The first-order valence-electron chi connectivity index (χ1n) is 7.42. The number of hydrogen-bond donors (Lipinski definition) is 0. The molecular weight excluding hydrogens is 236 g/mol. The molecule has 3 heteroatoms. The van der Waals surface area contributed by atoms with Crippen LogP contribution in [-0.2, 0) is 18.3 Å². The second-order valence-electron chi connectivity index (χ2n) is 6.38. The summed E-state index contributed by atoms with van der Waals surface area (Å²) in [6.45, 7) is 8.64. The van der Waals surface area contributed by atoms with Crippen molar-refractivity contribution < 1.29 is 4.79 Å². The molecule has 2 rings (SSSR count). The standard InChI is InChI=1S/C16H26N2O/c1-10-6-7-14(8-11(10)2)16(19)9-15-12(3)17-18(5)13(15)4/h10-11,14H,6-9H2,1-5H3. The average molecular weight is 262 g/mol. The van der Waals surface area contributed by atoms with Crippen LogP contribution < -0.4 is 0 Å². The van der Waals surface area contributed by atoms with E-state index in [0.717, 1.165) is 35.7 Å². The Balaban J connectivity index is 2.05. The van der Waals surface area contributed by atoms with E-state index in [1.54, 1.807) is 0 Å². The van der Waals surface area contributed by atoms with Gasteiger partial charge in [-0.05, 0) is 44.9 Å². The van der Waals surface area contributed by atoms with E-state index in [-0.39, 0.29) is 5.92 Å². The number of carbonyl (C=O) groups excluding carboxylic acids is 1. The molecule has 0 bridgehead atoms. The van der Waals surface area contributed by atoms with Crippen LogP contribution in [0.25, 0.3) is 0 Å². The van der Waals surface area contributed by atoms with Gasteiger partial charge in [-0.1, -0.05) is 13.8 Å². The first kappa shape index (κ1) is 14.3. The van der Waals surface area contributed by atoms with Crippen molar-refractivity contribution in [2.24, 2.45) is 24.8 Å². The summed E-state index contributed by atoms with van der Waals surface area (Å²) >= 11 is 0. The SMILES string of the molecule is Cc1nn(C)c(C)c1CC(=O)C1CCC(C)C(C)C1. The molecule has 3 nitrogen and oxygen atoms in total. The predicted octanol–water partition coefficient (Wildman–Crippen LogP) is 3.22. The molecule has 0 spiro atoms. The van der Waals surface area contributed by atoms with Gasteiger partial charge in [0, 0.05) is 30.6 Å². The van der Waals surface area contributed by atoms with Gasteiger partial charge in [0.15, 0.2) is 0 Å². The quantitative estimate of drug-likeness (QED) is 0.838. The first-order valence-corrected chi connectivity index (χ1v) is 7.42. The van der Waals surface area contributed by atoms with Crippen molar-refractivity contribution in [3.05, 3.63) is 17.0 Å². The number of hydrogen-bond acceptors (Lipinski definition) is 2. The van der Waals surface area contributed by atoms with Gasteiger partial charge in [0.05, 0.1) is 5.69 Å². The summed E-state index contributed by atoms with van der Waals surface area (Å²) in [5.41, 5.74) is 3.27. The van der Waals surface area contributed by atoms with Gasteiger partial charge in [0.2, 0.25) is 0 Å². The molecule has 3 unspecified atom stereocenters. The zero-order chi connectivity index (χ0) is 14.2. The Labute approximate surface area is 116 Å². The molecule has 19 heavy (non-hydrogen) atoms. The summed E-state index contributed by atoms with van der Waals surface area (Å²) < 4.78 is 1.88. The van der Waals surface area contributed by atoms with Gasteiger partial charge in [-0.25, -0.2) is 0 Å². The summed E-state index contributed by atoms with van der Waals surface area (Å²) in [4.78, 5) is 12.5. The molecule has 1 aromatic heterocycles. The molecule has 0 N–H and O–H groups in total. The second kappa shape index (κ2) is 5.48. The minimum absolute atomic E-state index is 0.269. The number of rotatable bonds is 3. The topological polar surface area (TPSA) is 34.9 Å². The van der Waals surface area contributed by atoms with Crippen LogP contribution in [0.5, 0.6) is 0 Å². The van der Waals surface area contributed by atoms with Crippen LogP contribution in [0.1, 0.15) is 50.1 Å². The molecule has 106 valence electrons. The van der Waals surface area contributed by atoms with E-state index in [0.29, 0.717) is 18.1 Å². The Morgan fingerprint density at radius 3 is 2.47 bits per heavy atom. The Morgan fingerprint density at radius 2 is 1.95 bits per heavy atom. The van der Waals surface area contributed by atoms with Crippen LogP contribution in [0.4, 0.5) is 0 Å². The molecule has 1 aromatic rings. The molecule has 1 aliphatic carbocycles. The molecule has 0 aliphatic heterocycles. The van der Waals surface area contributed by atoms with E-state index in [2.05, 4.69) is 18.9 Å². The van der Waals surface area contributed by atoms with Crippen LogP contribution >= 0.6 is 0 Å². The molecule has 0 radical (unpaired) electrons. The smallest absolute Gasteiger partial charge is 0.140 e. The van der Waals surface area contributed by atoms with Crippen molar-refractivity contribution in [1.29, 1.82) is 0 Å². The van der Waals surface area contributed by atoms with Crippen LogP contribution in [-0.4, -0.2) is 15.6 Å². The maximum absolute atomic E-state index is 12.5. The monoisotopic (exact) mass is 262 g/mol. The summed E-state index contributed by atoms with van der Waals surface area (Å²) in [6.07, 6.45) is 3.90. The fourth-order valence-electron chi connectivity index (χ4n) is 3.23. The van der Waals surface area contributed by atoms with Crippen molar-refractivity contribution in [3.8, 4) is 0 Å². The van der Waals surface area contributed by atoms with Gasteiger partial charge in [-0.2, -0.15) is 5.10 Å². The highest BCUT2D eigenvalue weighted by molar-refractivity contribution is 5.83. The van der Waals surface area contributed by atoms with Crippen LogP contribution in [0, 0.1) is 31.6 Å². The van der Waals surface area contributed by atoms with Crippen molar-refractivity contribution >= 4 is 5.78 Å². The molecule has 3 atom stereocenters. The summed E-state index contributed by atoms with van der Waals surface area (Å²) in [5.74, 6) is 2.13. The van der Waals surface area contributed by atoms with Gasteiger partial charge in [-0.15, -0.1) is 0 Å². The summed E-state index contributed by atoms with van der Waals surface area (Å²) in [7, 11) is 1.95. The lowest BCUT2D eigenvalue weighted by atomic mass is 9.73. The molecule has 1 fully saturated rings. The van der Waals surface area contributed by atoms with Crippen LogP contribution in [0.2, 0.25) is 0 Å².